The summed E-state index contributed by atoms with van der Waals surface area (Å²) in [4.78, 5) is 11.9. The van der Waals surface area contributed by atoms with Gasteiger partial charge in [0, 0.05) is 17.9 Å². The smallest absolute Gasteiger partial charge is 0.407 e. The van der Waals surface area contributed by atoms with Crippen LogP contribution < -0.4 is 5.32 Å². The molecule has 1 aromatic rings. The van der Waals surface area contributed by atoms with Gasteiger partial charge in [0.1, 0.15) is 18.5 Å². The third kappa shape index (κ3) is 3.22. The molecule has 1 aromatic heterocycles. The first-order chi connectivity index (χ1) is 12.0. The first kappa shape index (κ1) is 18.1. The number of allylic oxidation sites excluding steroid dienone is 1. The molecule has 1 fully saturated rings. The van der Waals surface area contributed by atoms with Crippen LogP contribution in [0.2, 0.25) is 0 Å². The molecule has 138 valence electrons. The van der Waals surface area contributed by atoms with Crippen LogP contribution in [0.3, 0.4) is 0 Å². The van der Waals surface area contributed by atoms with Gasteiger partial charge in [-0.15, -0.1) is 0 Å². The molecule has 3 rings (SSSR count). The Hall–Kier alpha value is -1.75. The van der Waals surface area contributed by atoms with Gasteiger partial charge in [0.2, 0.25) is 0 Å². The van der Waals surface area contributed by atoms with E-state index in [1.54, 1.807) is 6.26 Å². The SMILES string of the molecule is CCCNC(=O)OC[C@]12CO[C@@H](c3ccco3)[C@@H](C(C)=C[C@@H]1C)[C@H]2C. The van der Waals surface area contributed by atoms with E-state index >= 15 is 0 Å². The monoisotopic (exact) mass is 347 g/mol. The van der Waals surface area contributed by atoms with Crippen molar-refractivity contribution in [1.82, 2.24) is 5.32 Å². The summed E-state index contributed by atoms with van der Waals surface area (Å²) >= 11 is 0. The Bertz CT molecular complexity index is 624. The van der Waals surface area contributed by atoms with Crippen molar-refractivity contribution in [1.29, 1.82) is 0 Å². The molecule has 1 saturated heterocycles. The van der Waals surface area contributed by atoms with Gasteiger partial charge in [0.15, 0.2) is 0 Å². The van der Waals surface area contributed by atoms with Crippen LogP contribution in [0, 0.1) is 23.2 Å². The van der Waals surface area contributed by atoms with Gasteiger partial charge in [-0.2, -0.15) is 0 Å². The predicted octanol–water partition coefficient (Wildman–Crippen LogP) is 4.32. The summed E-state index contributed by atoms with van der Waals surface area (Å²) in [5.74, 6) is 1.72. The highest BCUT2D eigenvalue weighted by molar-refractivity contribution is 5.67. The Morgan fingerprint density at radius 1 is 1.44 bits per heavy atom. The minimum Gasteiger partial charge on any atom is -0.467 e. The molecule has 5 atom stereocenters. The van der Waals surface area contributed by atoms with Gasteiger partial charge in [-0.05, 0) is 37.3 Å². The molecule has 0 spiro atoms. The Morgan fingerprint density at radius 3 is 2.92 bits per heavy atom. The van der Waals surface area contributed by atoms with E-state index in [4.69, 9.17) is 13.9 Å². The number of hydrogen-bond acceptors (Lipinski definition) is 4. The van der Waals surface area contributed by atoms with Crippen molar-refractivity contribution in [2.45, 2.75) is 40.2 Å². The first-order valence-electron chi connectivity index (χ1n) is 9.23. The molecule has 5 nitrogen and oxygen atoms in total. The summed E-state index contributed by atoms with van der Waals surface area (Å²) in [5.41, 5.74) is 1.13. The average Bonchev–Trinajstić information content (AvgIpc) is 3.11. The van der Waals surface area contributed by atoms with Gasteiger partial charge in [-0.25, -0.2) is 4.79 Å². The average molecular weight is 347 g/mol. The van der Waals surface area contributed by atoms with Crippen molar-refractivity contribution in [3.63, 3.8) is 0 Å². The lowest BCUT2D eigenvalue weighted by atomic mass is 9.56. The summed E-state index contributed by atoms with van der Waals surface area (Å²) in [6.07, 6.45) is 4.49. The van der Waals surface area contributed by atoms with Crippen molar-refractivity contribution in [2.24, 2.45) is 23.2 Å². The fourth-order valence-electron chi connectivity index (χ4n) is 4.45. The van der Waals surface area contributed by atoms with Crippen molar-refractivity contribution < 1.29 is 18.7 Å². The number of alkyl carbamates (subject to hydrolysis) is 1. The van der Waals surface area contributed by atoms with Gasteiger partial charge in [0.25, 0.3) is 0 Å². The number of amides is 1. The zero-order valence-electron chi connectivity index (χ0n) is 15.6. The third-order valence-electron chi connectivity index (χ3n) is 6.06. The molecular formula is C20H29NO4. The first-order valence-corrected chi connectivity index (χ1v) is 9.23. The highest BCUT2D eigenvalue weighted by atomic mass is 16.6. The maximum Gasteiger partial charge on any atom is 0.407 e. The fourth-order valence-corrected chi connectivity index (χ4v) is 4.45. The second-order valence-electron chi connectivity index (χ2n) is 7.50. The van der Waals surface area contributed by atoms with E-state index in [1.807, 2.05) is 19.1 Å². The van der Waals surface area contributed by atoms with E-state index in [0.717, 1.165) is 12.2 Å². The molecule has 2 bridgehead atoms. The predicted molar refractivity (Wildman–Crippen MR) is 95.1 cm³/mol. The minimum atomic E-state index is -0.341. The quantitative estimate of drug-likeness (QED) is 0.806. The van der Waals surface area contributed by atoms with Crippen LogP contribution in [0.1, 0.15) is 46.0 Å². The van der Waals surface area contributed by atoms with E-state index < -0.39 is 0 Å². The van der Waals surface area contributed by atoms with Crippen LogP contribution in [0.4, 0.5) is 4.79 Å². The highest BCUT2D eigenvalue weighted by Gasteiger charge is 2.55. The summed E-state index contributed by atoms with van der Waals surface area (Å²) in [6, 6.07) is 3.88. The van der Waals surface area contributed by atoms with E-state index in [-0.39, 0.29) is 29.4 Å². The lowest BCUT2D eigenvalue weighted by Gasteiger charge is -2.54. The van der Waals surface area contributed by atoms with Crippen molar-refractivity contribution in [3.8, 4) is 0 Å². The number of ether oxygens (including phenoxy) is 2. The van der Waals surface area contributed by atoms with E-state index in [2.05, 4.69) is 32.2 Å². The molecule has 5 heteroatoms. The zero-order valence-corrected chi connectivity index (χ0v) is 15.6. The number of nitrogens with one attached hydrogen (secondary N) is 1. The molecule has 25 heavy (non-hydrogen) atoms. The van der Waals surface area contributed by atoms with E-state index in [1.165, 1.54) is 5.57 Å². The molecule has 1 N–H and O–H groups in total. The zero-order chi connectivity index (χ0) is 18.0. The summed E-state index contributed by atoms with van der Waals surface area (Å²) < 4.78 is 17.5. The molecule has 1 amide bonds. The van der Waals surface area contributed by atoms with Crippen molar-refractivity contribution in [3.05, 3.63) is 35.8 Å². The third-order valence-corrected chi connectivity index (χ3v) is 6.06. The van der Waals surface area contributed by atoms with Gasteiger partial charge < -0.3 is 19.2 Å². The topological polar surface area (TPSA) is 60.7 Å². The standard InChI is InChI=1S/C20H29NO4/c1-5-8-21-19(22)25-12-20-11-24-18(16-7-6-9-23-16)17(15(20)4)13(2)10-14(20)3/h6-7,9-10,14-15,17-18H,5,8,11-12H2,1-4H3,(H,21,22)/t14-,15+,17-,18-,20+/m0/s1. The van der Waals surface area contributed by atoms with Gasteiger partial charge in [-0.1, -0.05) is 32.4 Å². The van der Waals surface area contributed by atoms with Crippen LogP contribution in [0.5, 0.6) is 0 Å². The Balaban J connectivity index is 1.80. The Kier molecular flexibility index (Phi) is 5.23. The number of fused-ring (bicyclic) bond motifs is 2. The van der Waals surface area contributed by atoms with Crippen LogP contribution in [0.15, 0.2) is 34.5 Å². The Labute approximate surface area is 149 Å². The van der Waals surface area contributed by atoms with Crippen LogP contribution >= 0.6 is 0 Å². The lowest BCUT2D eigenvalue weighted by molar-refractivity contribution is -0.170. The number of furan rings is 1. The van der Waals surface area contributed by atoms with Gasteiger partial charge in [0.05, 0.1) is 12.9 Å². The molecular weight excluding hydrogens is 318 g/mol. The second-order valence-corrected chi connectivity index (χ2v) is 7.50. The number of rotatable bonds is 5. The van der Waals surface area contributed by atoms with Crippen LogP contribution in [-0.2, 0) is 9.47 Å². The molecule has 1 aliphatic carbocycles. The van der Waals surface area contributed by atoms with Crippen LogP contribution in [0.25, 0.3) is 0 Å². The summed E-state index contributed by atoms with van der Waals surface area (Å²) in [7, 11) is 0. The van der Waals surface area contributed by atoms with Crippen molar-refractivity contribution in [2.75, 3.05) is 19.8 Å². The van der Waals surface area contributed by atoms with Gasteiger partial charge in [-0.3, -0.25) is 0 Å². The molecule has 1 aliphatic heterocycles. The number of hydrogen-bond donors (Lipinski definition) is 1. The summed E-state index contributed by atoms with van der Waals surface area (Å²) in [6.45, 7) is 10.2. The molecule has 0 saturated carbocycles. The molecule has 0 radical (unpaired) electrons. The van der Waals surface area contributed by atoms with E-state index in [9.17, 15) is 4.79 Å². The molecule has 2 heterocycles. The molecule has 2 aliphatic rings. The van der Waals surface area contributed by atoms with Crippen molar-refractivity contribution >= 4 is 6.09 Å². The van der Waals surface area contributed by atoms with E-state index in [0.29, 0.717) is 25.7 Å². The number of carbonyl (C=O) groups excluding carboxylic acids is 1. The second kappa shape index (κ2) is 7.24. The maximum atomic E-state index is 11.9. The number of carbonyl (C=O) groups is 1. The normalized spacial score (nSPS) is 34.3. The largest absolute Gasteiger partial charge is 0.467 e. The maximum absolute atomic E-state index is 11.9. The molecule has 0 unspecified atom stereocenters. The fraction of sp³-hybridized carbons (Fsp3) is 0.650. The Morgan fingerprint density at radius 2 is 2.24 bits per heavy atom. The highest BCUT2D eigenvalue weighted by Crippen LogP contribution is 2.56. The van der Waals surface area contributed by atoms with Gasteiger partial charge >= 0.3 is 6.09 Å². The lowest BCUT2D eigenvalue weighted by Crippen LogP contribution is -2.54. The van der Waals surface area contributed by atoms with Crippen LogP contribution in [-0.4, -0.2) is 25.9 Å². The molecule has 0 aromatic carbocycles. The minimum absolute atomic E-state index is 0.0733. The summed E-state index contributed by atoms with van der Waals surface area (Å²) in [5, 5.41) is 2.78.